The van der Waals surface area contributed by atoms with Crippen molar-refractivity contribution in [2.75, 3.05) is 4.90 Å². The summed E-state index contributed by atoms with van der Waals surface area (Å²) in [5.41, 5.74) is 18.0. The molecule has 0 aliphatic rings. The van der Waals surface area contributed by atoms with E-state index < -0.39 is 0 Å². The van der Waals surface area contributed by atoms with Crippen LogP contribution in [0.25, 0.3) is 93.9 Å². The second-order valence-electron chi connectivity index (χ2n) is 16.1. The summed E-state index contributed by atoms with van der Waals surface area (Å²) >= 11 is 0. The number of rotatable bonds is 8. The second kappa shape index (κ2) is 15.3. The van der Waals surface area contributed by atoms with Gasteiger partial charge in [-0.2, -0.15) is 0 Å². The minimum Gasteiger partial charge on any atom is -0.455 e. The Balaban J connectivity index is 0.898. The summed E-state index contributed by atoms with van der Waals surface area (Å²) in [6.07, 6.45) is 0. The first-order valence-corrected chi connectivity index (χ1v) is 21.5. The lowest BCUT2D eigenvalue weighted by Crippen LogP contribution is -2.10. The average molecular weight is 805 g/mol. The summed E-state index contributed by atoms with van der Waals surface area (Å²) in [7, 11) is 0. The van der Waals surface area contributed by atoms with Gasteiger partial charge in [0.25, 0.3) is 0 Å². The summed E-state index contributed by atoms with van der Waals surface area (Å²) in [6, 6.07) is 87.0. The van der Waals surface area contributed by atoms with E-state index in [9.17, 15) is 0 Å². The smallest absolute Gasteiger partial charge is 0.143 e. The molecule has 0 spiro atoms. The molecule has 0 amide bonds. The van der Waals surface area contributed by atoms with Gasteiger partial charge in [0, 0.05) is 49.9 Å². The van der Waals surface area contributed by atoms with E-state index in [1.165, 1.54) is 55.2 Å². The Bertz CT molecular complexity index is 3480. The predicted molar refractivity (Wildman–Crippen MR) is 264 cm³/mol. The molecule has 3 nitrogen and oxygen atoms in total. The highest BCUT2D eigenvalue weighted by Crippen LogP contribution is 2.41. The maximum absolute atomic E-state index is 6.37. The van der Waals surface area contributed by atoms with Gasteiger partial charge in [-0.15, -0.1) is 0 Å². The first kappa shape index (κ1) is 36.5. The predicted octanol–water partition coefficient (Wildman–Crippen LogP) is 16.8. The van der Waals surface area contributed by atoms with Gasteiger partial charge >= 0.3 is 0 Å². The lowest BCUT2D eigenvalue weighted by molar-refractivity contribution is 0.670. The minimum atomic E-state index is 0.914. The van der Waals surface area contributed by atoms with Crippen LogP contribution in [0.3, 0.4) is 0 Å². The van der Waals surface area contributed by atoms with Crippen LogP contribution in [0, 0.1) is 0 Å². The van der Waals surface area contributed by atoms with Crippen molar-refractivity contribution in [3.63, 3.8) is 0 Å². The quantitative estimate of drug-likeness (QED) is 0.153. The molecule has 2 aromatic heterocycles. The molecule has 3 heteroatoms. The molecule has 0 aliphatic carbocycles. The fourth-order valence-electron chi connectivity index (χ4n) is 9.31. The van der Waals surface area contributed by atoms with E-state index in [4.69, 9.17) is 4.42 Å². The minimum absolute atomic E-state index is 0.914. The van der Waals surface area contributed by atoms with Gasteiger partial charge in [-0.25, -0.2) is 0 Å². The highest BCUT2D eigenvalue weighted by Gasteiger charge is 2.17. The number of para-hydroxylation sites is 3. The molecule has 10 aromatic carbocycles. The molecule has 0 fully saturated rings. The molecule has 0 N–H and O–H groups in total. The lowest BCUT2D eigenvalue weighted by atomic mass is 9.98. The molecule has 0 bridgehead atoms. The molecular formula is C60H40N2O. The van der Waals surface area contributed by atoms with Crippen molar-refractivity contribution < 1.29 is 4.42 Å². The number of aromatic nitrogens is 1. The molecule has 12 aromatic rings. The van der Waals surface area contributed by atoms with E-state index in [1.807, 2.05) is 12.1 Å². The monoisotopic (exact) mass is 804 g/mol. The number of nitrogens with zero attached hydrogens (tertiary/aromatic N) is 2. The number of furan rings is 1. The fraction of sp³-hybridized carbons (Fsp3) is 0. The van der Waals surface area contributed by atoms with E-state index in [0.717, 1.165) is 55.8 Å². The van der Waals surface area contributed by atoms with Gasteiger partial charge in [0.1, 0.15) is 11.2 Å². The summed E-state index contributed by atoms with van der Waals surface area (Å²) in [5.74, 6) is 0. The average Bonchev–Trinajstić information content (AvgIpc) is 3.91. The van der Waals surface area contributed by atoms with Crippen LogP contribution in [0.5, 0.6) is 0 Å². The van der Waals surface area contributed by atoms with Crippen molar-refractivity contribution in [3.05, 3.63) is 243 Å². The van der Waals surface area contributed by atoms with Crippen molar-refractivity contribution >= 4 is 60.8 Å². The molecule has 0 saturated carbocycles. The normalized spacial score (nSPS) is 11.5. The van der Waals surface area contributed by atoms with Crippen LogP contribution in [0.15, 0.2) is 247 Å². The fourth-order valence-corrected chi connectivity index (χ4v) is 9.31. The molecule has 12 rings (SSSR count). The standard InChI is InChI=1S/C60H40N2O/c1-3-12-41(13-4-1)43-26-31-48(32-27-43)61(49-33-28-44(29-34-49)42-14-5-2-6-15-42)50-35-37-51(38-36-50)62-57-20-9-7-16-53(57)56-40-47(30-39-58(56)62)45-22-24-46(25-23-45)52-18-11-19-55-54-17-8-10-21-59(54)63-60(52)55/h1-40H. The van der Waals surface area contributed by atoms with E-state index in [1.54, 1.807) is 0 Å². The van der Waals surface area contributed by atoms with Gasteiger partial charge in [-0.05, 0) is 112 Å². The number of benzene rings is 10. The number of hydrogen-bond acceptors (Lipinski definition) is 2. The van der Waals surface area contributed by atoms with Crippen LogP contribution < -0.4 is 4.90 Å². The Hall–Kier alpha value is -8.40. The van der Waals surface area contributed by atoms with Crippen LogP contribution in [0.2, 0.25) is 0 Å². The second-order valence-corrected chi connectivity index (χ2v) is 16.1. The molecular weight excluding hydrogens is 765 g/mol. The maximum Gasteiger partial charge on any atom is 0.143 e. The van der Waals surface area contributed by atoms with Crippen LogP contribution >= 0.6 is 0 Å². The molecule has 0 aliphatic heterocycles. The first-order chi connectivity index (χ1) is 31.2. The van der Waals surface area contributed by atoms with Crippen LogP contribution in [-0.4, -0.2) is 4.57 Å². The third-order valence-electron chi connectivity index (χ3n) is 12.4. The Morgan fingerprint density at radius 1 is 0.302 bits per heavy atom. The molecule has 296 valence electrons. The van der Waals surface area contributed by atoms with Crippen molar-refractivity contribution in [2.45, 2.75) is 0 Å². The molecule has 63 heavy (non-hydrogen) atoms. The first-order valence-electron chi connectivity index (χ1n) is 21.5. The SMILES string of the molecule is c1ccc(-c2ccc(N(c3ccc(-c4ccccc4)cc3)c3ccc(-n4c5ccccc5c5cc(-c6ccc(-c7cccc8c7oc7ccccc78)cc6)ccc54)cc3)cc2)cc1. The van der Waals surface area contributed by atoms with E-state index in [2.05, 4.69) is 240 Å². The topological polar surface area (TPSA) is 21.3 Å². The highest BCUT2D eigenvalue weighted by atomic mass is 16.3. The van der Waals surface area contributed by atoms with Crippen molar-refractivity contribution in [1.82, 2.24) is 4.57 Å². The Kier molecular flexibility index (Phi) is 8.83. The Labute approximate surface area is 366 Å². The summed E-state index contributed by atoms with van der Waals surface area (Å²) in [4.78, 5) is 2.34. The molecule has 0 saturated heterocycles. The summed E-state index contributed by atoms with van der Waals surface area (Å²) in [5, 5.41) is 4.74. The summed E-state index contributed by atoms with van der Waals surface area (Å²) in [6.45, 7) is 0. The Morgan fingerprint density at radius 2 is 0.762 bits per heavy atom. The molecule has 0 unspecified atom stereocenters. The van der Waals surface area contributed by atoms with Crippen LogP contribution in [0.1, 0.15) is 0 Å². The Morgan fingerprint density at radius 3 is 1.41 bits per heavy atom. The van der Waals surface area contributed by atoms with Gasteiger partial charge in [0.2, 0.25) is 0 Å². The zero-order chi connectivity index (χ0) is 41.7. The van der Waals surface area contributed by atoms with Crippen LogP contribution in [-0.2, 0) is 0 Å². The van der Waals surface area contributed by atoms with E-state index >= 15 is 0 Å². The van der Waals surface area contributed by atoms with Gasteiger partial charge in [0.15, 0.2) is 0 Å². The summed E-state index contributed by atoms with van der Waals surface area (Å²) < 4.78 is 8.76. The van der Waals surface area contributed by atoms with Crippen molar-refractivity contribution in [2.24, 2.45) is 0 Å². The van der Waals surface area contributed by atoms with Crippen molar-refractivity contribution in [1.29, 1.82) is 0 Å². The number of anilines is 3. The molecule has 0 radical (unpaired) electrons. The van der Waals surface area contributed by atoms with Gasteiger partial charge < -0.3 is 13.9 Å². The largest absolute Gasteiger partial charge is 0.455 e. The third kappa shape index (κ3) is 6.46. The highest BCUT2D eigenvalue weighted by molar-refractivity contribution is 6.11. The third-order valence-corrected chi connectivity index (χ3v) is 12.4. The van der Waals surface area contributed by atoms with Crippen molar-refractivity contribution in [3.8, 4) is 50.2 Å². The van der Waals surface area contributed by atoms with Gasteiger partial charge in [0.05, 0.1) is 11.0 Å². The number of hydrogen-bond donors (Lipinski definition) is 0. The van der Waals surface area contributed by atoms with E-state index in [-0.39, 0.29) is 0 Å². The van der Waals surface area contributed by atoms with E-state index in [0.29, 0.717) is 0 Å². The zero-order valence-corrected chi connectivity index (χ0v) is 34.4. The number of fused-ring (bicyclic) bond motifs is 6. The lowest BCUT2D eigenvalue weighted by Gasteiger charge is -2.26. The maximum atomic E-state index is 6.37. The van der Waals surface area contributed by atoms with Gasteiger partial charge in [-0.1, -0.05) is 170 Å². The molecule has 2 heterocycles. The van der Waals surface area contributed by atoms with Crippen LogP contribution in [0.4, 0.5) is 17.1 Å². The molecule has 0 atom stereocenters. The van der Waals surface area contributed by atoms with Gasteiger partial charge in [-0.3, -0.25) is 0 Å². The zero-order valence-electron chi connectivity index (χ0n) is 34.4.